The summed E-state index contributed by atoms with van der Waals surface area (Å²) in [4.78, 5) is 14.2. The fourth-order valence-electron chi connectivity index (χ4n) is 2.34. The van der Waals surface area contributed by atoms with Gasteiger partial charge in [-0.05, 0) is 31.4 Å². The van der Waals surface area contributed by atoms with E-state index in [0.29, 0.717) is 26.1 Å². The highest BCUT2D eigenvalue weighted by atomic mass is 16.5. The number of carbonyl (C=O) groups is 1. The van der Waals surface area contributed by atoms with Gasteiger partial charge in [-0.15, -0.1) is 0 Å². The van der Waals surface area contributed by atoms with Gasteiger partial charge in [0.25, 0.3) is 0 Å². The maximum atomic E-state index is 12.4. The Hall–Kier alpha value is -2.02. The molecule has 1 amide bonds. The van der Waals surface area contributed by atoms with Crippen molar-refractivity contribution in [2.24, 2.45) is 5.92 Å². The maximum absolute atomic E-state index is 12.4. The Bertz CT molecular complexity index is 502. The van der Waals surface area contributed by atoms with E-state index in [2.05, 4.69) is 6.07 Å². The Morgan fingerprint density at radius 3 is 2.45 bits per heavy atom. The third-order valence-electron chi connectivity index (χ3n) is 3.51. The molecule has 0 aliphatic heterocycles. The largest absolute Gasteiger partial charge is 0.493 e. The van der Waals surface area contributed by atoms with E-state index in [1.807, 2.05) is 45.0 Å². The number of hydrogen-bond acceptors (Lipinski definition) is 3. The van der Waals surface area contributed by atoms with Crippen LogP contribution in [0.15, 0.2) is 24.3 Å². The van der Waals surface area contributed by atoms with E-state index in [0.717, 1.165) is 24.2 Å². The average molecular weight is 302 g/mol. The molecule has 120 valence electrons. The summed E-state index contributed by atoms with van der Waals surface area (Å²) >= 11 is 0. The number of hydrogen-bond donors (Lipinski definition) is 0. The summed E-state index contributed by atoms with van der Waals surface area (Å²) in [7, 11) is 0. The molecule has 0 aliphatic carbocycles. The molecule has 0 saturated carbocycles. The molecule has 1 unspecified atom stereocenters. The Kier molecular flexibility index (Phi) is 8.06. The molecule has 0 bridgehead atoms. The van der Waals surface area contributed by atoms with Gasteiger partial charge < -0.3 is 9.64 Å². The summed E-state index contributed by atoms with van der Waals surface area (Å²) in [6.07, 6.45) is 2.24. The Morgan fingerprint density at radius 2 is 1.91 bits per heavy atom. The highest BCUT2D eigenvalue weighted by Gasteiger charge is 2.23. The Balaban J connectivity index is 2.55. The molecule has 0 N–H and O–H groups in total. The molecule has 0 heterocycles. The standard InChI is InChI=1S/C18H26N2O2/c1-4-11-20(12-5-2)18(21)16(14-19)10-13-22-17-9-7-6-8-15(17)3/h6-9,16H,4-5,10-13H2,1-3H3. The first-order valence-electron chi connectivity index (χ1n) is 8.00. The molecule has 4 heteroatoms. The van der Waals surface area contributed by atoms with Gasteiger partial charge >= 0.3 is 0 Å². The van der Waals surface area contributed by atoms with Crippen LogP contribution in [0.3, 0.4) is 0 Å². The van der Waals surface area contributed by atoms with Gasteiger partial charge in [0.15, 0.2) is 0 Å². The van der Waals surface area contributed by atoms with E-state index in [1.165, 1.54) is 0 Å². The highest BCUT2D eigenvalue weighted by Crippen LogP contribution is 2.17. The van der Waals surface area contributed by atoms with Gasteiger partial charge in [-0.3, -0.25) is 4.79 Å². The first kappa shape index (κ1) is 18.0. The van der Waals surface area contributed by atoms with Crippen molar-refractivity contribution in [1.29, 1.82) is 5.26 Å². The molecule has 1 aromatic rings. The van der Waals surface area contributed by atoms with Crippen LogP contribution in [0.2, 0.25) is 0 Å². The van der Waals surface area contributed by atoms with Crippen molar-refractivity contribution >= 4 is 5.91 Å². The van der Waals surface area contributed by atoms with E-state index in [9.17, 15) is 10.1 Å². The molecule has 1 rings (SSSR count). The van der Waals surface area contributed by atoms with Crippen molar-refractivity contribution < 1.29 is 9.53 Å². The summed E-state index contributed by atoms with van der Waals surface area (Å²) in [6, 6.07) is 9.88. The van der Waals surface area contributed by atoms with Gasteiger partial charge in [0.05, 0.1) is 12.7 Å². The van der Waals surface area contributed by atoms with Crippen LogP contribution in [-0.2, 0) is 4.79 Å². The summed E-state index contributed by atoms with van der Waals surface area (Å²) in [5.74, 6) is 0.118. The van der Waals surface area contributed by atoms with Gasteiger partial charge in [-0.2, -0.15) is 5.26 Å². The zero-order valence-corrected chi connectivity index (χ0v) is 13.8. The van der Waals surface area contributed by atoms with Gasteiger partial charge in [-0.1, -0.05) is 32.0 Å². The van der Waals surface area contributed by atoms with Crippen LogP contribution in [0, 0.1) is 24.2 Å². The predicted molar refractivity (Wildman–Crippen MR) is 87.6 cm³/mol. The van der Waals surface area contributed by atoms with Crippen LogP contribution in [-0.4, -0.2) is 30.5 Å². The fraction of sp³-hybridized carbons (Fsp3) is 0.556. The normalized spacial score (nSPS) is 11.5. The number of amides is 1. The Morgan fingerprint density at radius 1 is 1.27 bits per heavy atom. The summed E-state index contributed by atoms with van der Waals surface area (Å²) in [6.45, 7) is 7.86. The van der Waals surface area contributed by atoms with Gasteiger partial charge in [0, 0.05) is 19.5 Å². The van der Waals surface area contributed by atoms with E-state index in [1.54, 1.807) is 4.90 Å². The molecule has 0 fully saturated rings. The van der Waals surface area contributed by atoms with Gasteiger partial charge in [-0.25, -0.2) is 0 Å². The second-order valence-corrected chi connectivity index (χ2v) is 5.41. The smallest absolute Gasteiger partial charge is 0.240 e. The number of aryl methyl sites for hydroxylation is 1. The minimum absolute atomic E-state index is 0.0698. The third-order valence-corrected chi connectivity index (χ3v) is 3.51. The lowest BCUT2D eigenvalue weighted by atomic mass is 10.1. The molecule has 0 aliphatic rings. The zero-order valence-electron chi connectivity index (χ0n) is 13.8. The van der Waals surface area contributed by atoms with Crippen molar-refractivity contribution in [3.63, 3.8) is 0 Å². The van der Waals surface area contributed by atoms with Crippen LogP contribution in [0.1, 0.15) is 38.7 Å². The predicted octanol–water partition coefficient (Wildman–Crippen LogP) is 3.55. The zero-order chi connectivity index (χ0) is 16.4. The first-order chi connectivity index (χ1) is 10.6. The van der Waals surface area contributed by atoms with E-state index < -0.39 is 5.92 Å². The second-order valence-electron chi connectivity index (χ2n) is 5.41. The van der Waals surface area contributed by atoms with Crippen molar-refractivity contribution in [3.05, 3.63) is 29.8 Å². The molecule has 0 spiro atoms. The molecule has 22 heavy (non-hydrogen) atoms. The van der Waals surface area contributed by atoms with Crippen LogP contribution < -0.4 is 4.74 Å². The van der Waals surface area contributed by atoms with Crippen molar-refractivity contribution in [2.75, 3.05) is 19.7 Å². The number of benzene rings is 1. The number of nitriles is 1. The lowest BCUT2D eigenvalue weighted by Crippen LogP contribution is -2.37. The second kappa shape index (κ2) is 9.83. The lowest BCUT2D eigenvalue weighted by Gasteiger charge is -2.24. The number of rotatable bonds is 9. The minimum Gasteiger partial charge on any atom is -0.493 e. The monoisotopic (exact) mass is 302 g/mol. The molecule has 1 atom stereocenters. The van der Waals surface area contributed by atoms with E-state index in [-0.39, 0.29) is 5.91 Å². The van der Waals surface area contributed by atoms with Crippen LogP contribution in [0.25, 0.3) is 0 Å². The van der Waals surface area contributed by atoms with E-state index >= 15 is 0 Å². The summed E-state index contributed by atoms with van der Waals surface area (Å²) in [5.41, 5.74) is 1.06. The molecule has 0 aromatic heterocycles. The summed E-state index contributed by atoms with van der Waals surface area (Å²) < 4.78 is 5.70. The topological polar surface area (TPSA) is 53.3 Å². The quantitative estimate of drug-likeness (QED) is 0.701. The average Bonchev–Trinajstić information content (AvgIpc) is 2.52. The third kappa shape index (κ3) is 5.40. The van der Waals surface area contributed by atoms with Crippen LogP contribution in [0.5, 0.6) is 5.75 Å². The number of ether oxygens (including phenoxy) is 1. The minimum atomic E-state index is -0.623. The Labute approximate surface area is 133 Å². The van der Waals surface area contributed by atoms with Gasteiger partial charge in [0.1, 0.15) is 11.7 Å². The fourth-order valence-corrected chi connectivity index (χ4v) is 2.34. The summed E-state index contributed by atoms with van der Waals surface area (Å²) in [5, 5.41) is 9.28. The van der Waals surface area contributed by atoms with E-state index in [4.69, 9.17) is 4.74 Å². The molecule has 0 radical (unpaired) electrons. The van der Waals surface area contributed by atoms with Crippen molar-refractivity contribution in [3.8, 4) is 11.8 Å². The first-order valence-corrected chi connectivity index (χ1v) is 8.00. The number of carbonyl (C=O) groups excluding carboxylic acids is 1. The molecular weight excluding hydrogens is 276 g/mol. The number of para-hydroxylation sites is 1. The highest BCUT2D eigenvalue weighted by molar-refractivity contribution is 5.81. The van der Waals surface area contributed by atoms with Crippen LogP contribution >= 0.6 is 0 Å². The van der Waals surface area contributed by atoms with Crippen LogP contribution in [0.4, 0.5) is 0 Å². The molecular formula is C18H26N2O2. The SMILES string of the molecule is CCCN(CCC)C(=O)C(C#N)CCOc1ccccc1C. The molecule has 0 saturated heterocycles. The van der Waals surface area contributed by atoms with Crippen molar-refractivity contribution in [1.82, 2.24) is 4.90 Å². The molecule has 1 aromatic carbocycles. The lowest BCUT2D eigenvalue weighted by molar-refractivity contribution is -0.134. The van der Waals surface area contributed by atoms with Gasteiger partial charge in [0.2, 0.25) is 5.91 Å². The van der Waals surface area contributed by atoms with Crippen molar-refractivity contribution in [2.45, 2.75) is 40.0 Å². The number of nitrogens with zero attached hydrogens (tertiary/aromatic N) is 2. The maximum Gasteiger partial charge on any atom is 0.240 e. The molecule has 4 nitrogen and oxygen atoms in total.